The summed E-state index contributed by atoms with van der Waals surface area (Å²) >= 11 is 0. The minimum atomic E-state index is -0.0623. The molecule has 8 heteroatoms. The van der Waals surface area contributed by atoms with E-state index in [-0.39, 0.29) is 18.0 Å². The molecule has 2 N–H and O–H groups in total. The van der Waals surface area contributed by atoms with E-state index in [9.17, 15) is 4.79 Å². The van der Waals surface area contributed by atoms with Crippen LogP contribution >= 0.6 is 0 Å². The van der Waals surface area contributed by atoms with Crippen LogP contribution in [0.15, 0.2) is 79.3 Å². The summed E-state index contributed by atoms with van der Waals surface area (Å²) in [5, 5.41) is 4.17. The first-order valence-corrected chi connectivity index (χ1v) is 15.5. The number of imidazole rings is 1. The summed E-state index contributed by atoms with van der Waals surface area (Å²) in [6.45, 7) is 7.37. The van der Waals surface area contributed by atoms with Crippen LogP contribution in [0.25, 0.3) is 44.7 Å². The average Bonchev–Trinajstić information content (AvgIpc) is 3.54. The standard InChI is InChI=1S/C36H40N6O2/c1-24-6-4-8-33(41-24)35-34(39-23-40-35)28-13-14-32-30(18-28)19-31(20-38-32)27-11-9-26(10-12-27)21-42-17-5-7-29(22-42)36(43)44-25(2)15-16-37-3/h4,6,8-14,18-20,23,25,29,37H,5,7,15-17,21-22H2,1-3H3,(H,39,40)/t25?,29-/m0/s1. The number of esters is 1. The maximum Gasteiger partial charge on any atom is 0.310 e. The van der Waals surface area contributed by atoms with Crippen molar-refractivity contribution in [3.05, 3.63) is 90.5 Å². The van der Waals surface area contributed by atoms with E-state index < -0.39 is 0 Å². The third-order valence-electron chi connectivity index (χ3n) is 8.39. The molecule has 0 bridgehead atoms. The van der Waals surface area contributed by atoms with Crippen LogP contribution in [0.4, 0.5) is 0 Å². The minimum Gasteiger partial charge on any atom is -0.462 e. The van der Waals surface area contributed by atoms with Gasteiger partial charge >= 0.3 is 5.97 Å². The van der Waals surface area contributed by atoms with Crippen LogP contribution in [0.2, 0.25) is 0 Å². The number of benzene rings is 2. The fourth-order valence-corrected chi connectivity index (χ4v) is 5.98. The monoisotopic (exact) mass is 588 g/mol. The zero-order chi connectivity index (χ0) is 30.5. The smallest absolute Gasteiger partial charge is 0.310 e. The van der Waals surface area contributed by atoms with E-state index >= 15 is 0 Å². The molecule has 6 rings (SSSR count). The molecule has 5 aromatic rings. The lowest BCUT2D eigenvalue weighted by atomic mass is 9.97. The molecule has 1 fully saturated rings. The van der Waals surface area contributed by atoms with Crippen LogP contribution in [0.3, 0.4) is 0 Å². The summed E-state index contributed by atoms with van der Waals surface area (Å²) in [6, 6.07) is 23.1. The van der Waals surface area contributed by atoms with Crippen LogP contribution in [0.1, 0.15) is 37.4 Å². The van der Waals surface area contributed by atoms with Crippen LogP contribution in [0.5, 0.6) is 0 Å². The van der Waals surface area contributed by atoms with E-state index in [2.05, 4.69) is 67.6 Å². The van der Waals surface area contributed by atoms with Gasteiger partial charge in [-0.05, 0) is 94.7 Å². The highest BCUT2D eigenvalue weighted by molar-refractivity contribution is 5.89. The zero-order valence-electron chi connectivity index (χ0n) is 25.7. The maximum atomic E-state index is 12.8. The fourth-order valence-electron chi connectivity index (χ4n) is 5.98. The average molecular weight is 589 g/mol. The highest BCUT2D eigenvalue weighted by Crippen LogP contribution is 2.31. The van der Waals surface area contributed by atoms with Gasteiger partial charge in [0.15, 0.2) is 0 Å². The molecule has 8 nitrogen and oxygen atoms in total. The van der Waals surface area contributed by atoms with E-state index in [0.29, 0.717) is 0 Å². The Morgan fingerprint density at radius 2 is 1.89 bits per heavy atom. The molecule has 3 aromatic heterocycles. The number of aryl methyl sites for hydroxylation is 1. The Morgan fingerprint density at radius 3 is 2.70 bits per heavy atom. The predicted octanol–water partition coefficient (Wildman–Crippen LogP) is 6.42. The number of carbonyl (C=O) groups is 1. The number of aromatic nitrogens is 4. The molecule has 1 aliphatic rings. The number of likely N-dealkylation sites (tertiary alicyclic amines) is 1. The molecule has 1 aliphatic heterocycles. The molecule has 1 saturated heterocycles. The second-order valence-corrected chi connectivity index (χ2v) is 11.8. The van der Waals surface area contributed by atoms with Gasteiger partial charge in [-0.3, -0.25) is 19.7 Å². The van der Waals surface area contributed by atoms with E-state index in [0.717, 1.165) is 95.8 Å². The Hall–Kier alpha value is -4.40. The van der Waals surface area contributed by atoms with Gasteiger partial charge in [0.05, 0.1) is 34.8 Å². The highest BCUT2D eigenvalue weighted by Gasteiger charge is 2.28. The van der Waals surface area contributed by atoms with Crippen molar-refractivity contribution in [3.63, 3.8) is 0 Å². The molecular weight excluding hydrogens is 548 g/mol. The second kappa shape index (κ2) is 13.5. The van der Waals surface area contributed by atoms with Crippen molar-refractivity contribution >= 4 is 16.9 Å². The molecule has 44 heavy (non-hydrogen) atoms. The van der Waals surface area contributed by atoms with Gasteiger partial charge in [-0.1, -0.05) is 36.4 Å². The number of piperidine rings is 1. The number of hydrogen-bond donors (Lipinski definition) is 2. The van der Waals surface area contributed by atoms with Crippen molar-refractivity contribution in [1.29, 1.82) is 0 Å². The van der Waals surface area contributed by atoms with E-state index in [1.807, 2.05) is 51.4 Å². The van der Waals surface area contributed by atoms with Gasteiger partial charge in [-0.25, -0.2) is 4.98 Å². The summed E-state index contributed by atoms with van der Waals surface area (Å²) in [5.41, 5.74) is 8.99. The molecule has 226 valence electrons. The fraction of sp³-hybridized carbons (Fsp3) is 0.333. The van der Waals surface area contributed by atoms with Gasteiger partial charge in [0.25, 0.3) is 0 Å². The molecule has 0 aliphatic carbocycles. The topological polar surface area (TPSA) is 96.0 Å². The quantitative estimate of drug-likeness (QED) is 0.182. The van der Waals surface area contributed by atoms with Crippen LogP contribution < -0.4 is 5.32 Å². The molecule has 0 saturated carbocycles. The number of aromatic amines is 1. The van der Waals surface area contributed by atoms with Crippen molar-refractivity contribution in [2.24, 2.45) is 5.92 Å². The molecule has 0 radical (unpaired) electrons. The zero-order valence-corrected chi connectivity index (χ0v) is 25.7. The Labute approximate surface area is 258 Å². The number of fused-ring (bicyclic) bond motifs is 1. The Bertz CT molecular complexity index is 1730. The third-order valence-corrected chi connectivity index (χ3v) is 8.39. The second-order valence-electron chi connectivity index (χ2n) is 11.8. The van der Waals surface area contributed by atoms with Crippen molar-refractivity contribution in [2.75, 3.05) is 26.7 Å². The van der Waals surface area contributed by atoms with E-state index in [4.69, 9.17) is 9.72 Å². The Morgan fingerprint density at radius 1 is 1.07 bits per heavy atom. The van der Waals surface area contributed by atoms with E-state index in [1.54, 1.807) is 6.33 Å². The summed E-state index contributed by atoms with van der Waals surface area (Å²) < 4.78 is 5.72. The first-order valence-electron chi connectivity index (χ1n) is 15.5. The minimum absolute atomic E-state index is 0.0563. The van der Waals surface area contributed by atoms with Gasteiger partial charge in [-0.2, -0.15) is 0 Å². The summed E-state index contributed by atoms with van der Waals surface area (Å²) in [5.74, 6) is -0.116. The van der Waals surface area contributed by atoms with Gasteiger partial charge < -0.3 is 15.0 Å². The largest absolute Gasteiger partial charge is 0.462 e. The molecule has 2 aromatic carbocycles. The molecule has 1 unspecified atom stereocenters. The van der Waals surface area contributed by atoms with Crippen molar-refractivity contribution in [2.45, 2.75) is 45.8 Å². The lowest BCUT2D eigenvalue weighted by Crippen LogP contribution is -2.39. The number of ether oxygens (including phenoxy) is 1. The molecule has 0 spiro atoms. The predicted molar refractivity (Wildman–Crippen MR) is 175 cm³/mol. The first-order chi connectivity index (χ1) is 21.5. The van der Waals surface area contributed by atoms with E-state index in [1.165, 1.54) is 5.56 Å². The molecule has 4 heterocycles. The lowest BCUT2D eigenvalue weighted by molar-refractivity contribution is -0.155. The van der Waals surface area contributed by atoms with Gasteiger partial charge in [0.2, 0.25) is 0 Å². The van der Waals surface area contributed by atoms with Gasteiger partial charge in [0, 0.05) is 41.5 Å². The van der Waals surface area contributed by atoms with Gasteiger partial charge in [-0.15, -0.1) is 0 Å². The number of nitrogens with zero attached hydrogens (tertiary/aromatic N) is 4. The SMILES string of the molecule is CNCCC(C)OC(=O)[C@H]1CCCN(Cc2ccc(-c3cnc4ccc(-c5nc[nH]c5-c5cccc(C)n5)cc4c3)cc2)C1. The van der Waals surface area contributed by atoms with Crippen molar-refractivity contribution in [3.8, 4) is 33.8 Å². The van der Waals surface area contributed by atoms with Crippen LogP contribution in [0, 0.1) is 12.8 Å². The Balaban J connectivity index is 1.14. The van der Waals surface area contributed by atoms with Crippen LogP contribution in [-0.4, -0.2) is 63.6 Å². The number of pyridine rings is 2. The highest BCUT2D eigenvalue weighted by atomic mass is 16.5. The normalized spacial score (nSPS) is 16.2. The lowest BCUT2D eigenvalue weighted by Gasteiger charge is -2.32. The molecule has 0 amide bonds. The van der Waals surface area contributed by atoms with Crippen molar-refractivity contribution < 1.29 is 9.53 Å². The summed E-state index contributed by atoms with van der Waals surface area (Å²) in [6.07, 6.45) is 6.33. The van der Waals surface area contributed by atoms with Gasteiger partial charge in [0.1, 0.15) is 6.10 Å². The number of rotatable bonds is 10. The van der Waals surface area contributed by atoms with Crippen LogP contribution in [-0.2, 0) is 16.1 Å². The summed E-state index contributed by atoms with van der Waals surface area (Å²) in [4.78, 5) is 32.5. The molecular formula is C36H40N6O2. The van der Waals surface area contributed by atoms with Crippen molar-refractivity contribution in [1.82, 2.24) is 30.2 Å². The third kappa shape index (κ3) is 6.87. The number of carbonyl (C=O) groups excluding carboxylic acids is 1. The maximum absolute atomic E-state index is 12.8. The first kappa shape index (κ1) is 29.7. The number of H-pyrrole nitrogens is 1. The number of hydrogen-bond acceptors (Lipinski definition) is 7. The summed E-state index contributed by atoms with van der Waals surface area (Å²) in [7, 11) is 1.91. The Kier molecular flexibility index (Phi) is 9.09. The number of nitrogens with one attached hydrogen (secondary N) is 2. The molecule has 2 atom stereocenters.